The molecule has 0 radical (unpaired) electrons. The molecule has 3 aliphatic rings. The van der Waals surface area contributed by atoms with E-state index in [1.54, 1.807) is 0 Å². The fourth-order valence-corrected chi connectivity index (χ4v) is 4.83. The number of nitrogens with zero attached hydrogens (tertiary/aromatic N) is 1. The van der Waals surface area contributed by atoms with Gasteiger partial charge in [-0.3, -0.25) is 4.90 Å². The van der Waals surface area contributed by atoms with Gasteiger partial charge in [0.05, 0.1) is 6.04 Å². The van der Waals surface area contributed by atoms with Crippen LogP contribution in [0.25, 0.3) is 11.1 Å². The van der Waals surface area contributed by atoms with E-state index in [1.165, 1.54) is 54.7 Å². The molecule has 2 heterocycles. The Bertz CT molecular complexity index is 669. The van der Waals surface area contributed by atoms with E-state index in [2.05, 4.69) is 58.7 Å². The molecule has 0 amide bonds. The Morgan fingerprint density at radius 2 is 1.52 bits per heavy atom. The second kappa shape index (κ2) is 5.94. The Morgan fingerprint density at radius 3 is 2.22 bits per heavy atom. The number of benzene rings is 2. The summed E-state index contributed by atoms with van der Waals surface area (Å²) in [5, 5.41) is 3.68. The normalized spacial score (nSPS) is 26.3. The molecule has 2 nitrogen and oxygen atoms in total. The lowest BCUT2D eigenvalue weighted by atomic mass is 9.90. The number of fused-ring (bicyclic) bond motifs is 4. The van der Waals surface area contributed by atoms with Gasteiger partial charge in [-0.05, 0) is 47.6 Å². The lowest BCUT2D eigenvalue weighted by Crippen LogP contribution is -2.45. The third kappa shape index (κ3) is 2.32. The molecule has 1 aliphatic carbocycles. The van der Waals surface area contributed by atoms with E-state index in [9.17, 15) is 0 Å². The first-order valence-electron chi connectivity index (χ1n) is 8.57. The van der Waals surface area contributed by atoms with Gasteiger partial charge in [0.1, 0.15) is 0 Å². The lowest BCUT2D eigenvalue weighted by Gasteiger charge is -2.39. The van der Waals surface area contributed by atoms with Crippen LogP contribution in [0.5, 0.6) is 0 Å². The van der Waals surface area contributed by atoms with Crippen LogP contribution in [-0.2, 0) is 0 Å². The summed E-state index contributed by atoms with van der Waals surface area (Å²) >= 11 is 0. The topological polar surface area (TPSA) is 15.3 Å². The van der Waals surface area contributed by atoms with Gasteiger partial charge < -0.3 is 5.32 Å². The largest absolute Gasteiger partial charge is 0.314 e. The highest BCUT2D eigenvalue weighted by atomic mass is 35.5. The molecule has 3 heteroatoms. The first-order valence-corrected chi connectivity index (χ1v) is 8.57. The van der Waals surface area contributed by atoms with Crippen molar-refractivity contribution >= 4 is 12.4 Å². The van der Waals surface area contributed by atoms with Gasteiger partial charge in [-0.25, -0.2) is 0 Å². The molecule has 23 heavy (non-hydrogen) atoms. The molecule has 1 N–H and O–H groups in total. The number of rotatable bonds is 1. The van der Waals surface area contributed by atoms with Gasteiger partial charge in [0.2, 0.25) is 0 Å². The van der Waals surface area contributed by atoms with E-state index >= 15 is 0 Å². The molecule has 120 valence electrons. The molecule has 2 aliphatic heterocycles. The Kier molecular flexibility index (Phi) is 3.92. The van der Waals surface area contributed by atoms with Crippen LogP contribution >= 0.6 is 12.4 Å². The van der Waals surface area contributed by atoms with Crippen molar-refractivity contribution in [2.75, 3.05) is 19.6 Å². The number of hydrogen-bond acceptors (Lipinski definition) is 2. The highest BCUT2D eigenvalue weighted by molar-refractivity contribution is 5.85. The van der Waals surface area contributed by atoms with Crippen LogP contribution < -0.4 is 5.32 Å². The quantitative estimate of drug-likeness (QED) is 0.856. The average Bonchev–Trinajstić information content (AvgIpc) is 3.16. The molecular formula is C20H23ClN2. The lowest BCUT2D eigenvalue weighted by molar-refractivity contribution is 0.134. The van der Waals surface area contributed by atoms with E-state index in [0.717, 1.165) is 12.0 Å². The van der Waals surface area contributed by atoms with E-state index in [-0.39, 0.29) is 12.4 Å². The van der Waals surface area contributed by atoms with Crippen molar-refractivity contribution in [3.63, 3.8) is 0 Å². The fraction of sp³-hybridized carbons (Fsp3) is 0.400. The average molecular weight is 327 g/mol. The summed E-state index contributed by atoms with van der Waals surface area (Å²) in [5.41, 5.74) is 5.89. The summed E-state index contributed by atoms with van der Waals surface area (Å²) in [6.45, 7) is 3.66. The summed E-state index contributed by atoms with van der Waals surface area (Å²) in [6.07, 6.45) is 2.64. The standard InChI is InChI=1S/C20H22N2.ClH/c1-3-7-17-15(5-1)16-6-2-4-8-18(16)20(17)22-12-10-19-14(13-22)9-11-21-19;/h1-8,14,19-21H,9-13H2;1H. The first kappa shape index (κ1) is 15.2. The molecule has 0 saturated carbocycles. The first-order chi connectivity index (χ1) is 10.9. The maximum absolute atomic E-state index is 3.68. The van der Waals surface area contributed by atoms with E-state index in [0.29, 0.717) is 6.04 Å². The molecular weight excluding hydrogens is 304 g/mol. The summed E-state index contributed by atoms with van der Waals surface area (Å²) < 4.78 is 0. The maximum Gasteiger partial charge on any atom is 0.0614 e. The molecule has 2 fully saturated rings. The third-order valence-corrected chi connectivity index (χ3v) is 5.85. The second-order valence-corrected chi connectivity index (χ2v) is 6.97. The summed E-state index contributed by atoms with van der Waals surface area (Å²) in [5.74, 6) is 0.841. The Hall–Kier alpha value is -1.35. The fourth-order valence-electron chi connectivity index (χ4n) is 4.83. The molecule has 2 aromatic rings. The Labute approximate surface area is 144 Å². The summed E-state index contributed by atoms with van der Waals surface area (Å²) in [6, 6.07) is 19.2. The van der Waals surface area contributed by atoms with Gasteiger partial charge in [-0.2, -0.15) is 0 Å². The Balaban J connectivity index is 0.00000135. The van der Waals surface area contributed by atoms with Crippen molar-refractivity contribution < 1.29 is 0 Å². The molecule has 2 aromatic carbocycles. The van der Waals surface area contributed by atoms with Crippen LogP contribution in [-0.4, -0.2) is 30.6 Å². The van der Waals surface area contributed by atoms with Gasteiger partial charge in [-0.1, -0.05) is 48.5 Å². The molecule has 0 aromatic heterocycles. The predicted octanol–water partition coefficient (Wildman–Crippen LogP) is 3.86. The van der Waals surface area contributed by atoms with Crippen molar-refractivity contribution in [2.24, 2.45) is 5.92 Å². The molecule has 2 saturated heterocycles. The van der Waals surface area contributed by atoms with Crippen LogP contribution in [0.4, 0.5) is 0 Å². The van der Waals surface area contributed by atoms with Gasteiger partial charge >= 0.3 is 0 Å². The smallest absolute Gasteiger partial charge is 0.0614 e. The maximum atomic E-state index is 3.68. The van der Waals surface area contributed by atoms with Gasteiger partial charge in [0.25, 0.3) is 0 Å². The molecule has 2 atom stereocenters. The number of nitrogens with one attached hydrogen (secondary N) is 1. The minimum absolute atomic E-state index is 0. The van der Waals surface area contributed by atoms with Crippen LogP contribution in [0.3, 0.4) is 0 Å². The van der Waals surface area contributed by atoms with Gasteiger partial charge in [-0.15, -0.1) is 12.4 Å². The molecule has 0 bridgehead atoms. The van der Waals surface area contributed by atoms with Crippen molar-refractivity contribution in [1.82, 2.24) is 10.2 Å². The van der Waals surface area contributed by atoms with Crippen molar-refractivity contribution in [2.45, 2.75) is 24.9 Å². The monoisotopic (exact) mass is 326 g/mol. The van der Waals surface area contributed by atoms with Gasteiger partial charge in [0.15, 0.2) is 0 Å². The molecule has 5 rings (SSSR count). The zero-order chi connectivity index (χ0) is 14.5. The highest BCUT2D eigenvalue weighted by Gasteiger charge is 2.39. The zero-order valence-electron chi connectivity index (χ0n) is 13.2. The van der Waals surface area contributed by atoms with Gasteiger partial charge in [0, 0.05) is 19.1 Å². The number of halogens is 1. The number of likely N-dealkylation sites (tertiary alicyclic amines) is 1. The molecule has 2 unspecified atom stereocenters. The molecule has 0 spiro atoms. The van der Waals surface area contributed by atoms with Crippen molar-refractivity contribution in [1.29, 1.82) is 0 Å². The van der Waals surface area contributed by atoms with Crippen molar-refractivity contribution in [3.8, 4) is 11.1 Å². The number of hydrogen-bond donors (Lipinski definition) is 1. The van der Waals surface area contributed by atoms with Crippen molar-refractivity contribution in [3.05, 3.63) is 59.7 Å². The predicted molar refractivity (Wildman–Crippen MR) is 97.1 cm³/mol. The second-order valence-electron chi connectivity index (χ2n) is 6.97. The third-order valence-electron chi connectivity index (χ3n) is 5.85. The Morgan fingerprint density at radius 1 is 0.870 bits per heavy atom. The summed E-state index contributed by atoms with van der Waals surface area (Å²) in [7, 11) is 0. The van der Waals surface area contributed by atoms with E-state index in [1.807, 2.05) is 0 Å². The van der Waals surface area contributed by atoms with E-state index < -0.39 is 0 Å². The minimum Gasteiger partial charge on any atom is -0.314 e. The zero-order valence-corrected chi connectivity index (χ0v) is 14.1. The van der Waals surface area contributed by atoms with Crippen LogP contribution in [0.2, 0.25) is 0 Å². The van der Waals surface area contributed by atoms with Crippen LogP contribution in [0.1, 0.15) is 30.0 Å². The summed E-state index contributed by atoms with van der Waals surface area (Å²) in [4.78, 5) is 2.73. The van der Waals surface area contributed by atoms with Crippen LogP contribution in [0.15, 0.2) is 48.5 Å². The number of piperidine rings is 1. The minimum atomic E-state index is 0. The highest BCUT2D eigenvalue weighted by Crippen LogP contribution is 2.47. The SMILES string of the molecule is Cl.c1ccc2c(c1)-c1ccccc1C2N1CCC2NCCC2C1. The van der Waals surface area contributed by atoms with Crippen LogP contribution in [0, 0.1) is 5.92 Å². The van der Waals surface area contributed by atoms with E-state index in [4.69, 9.17) is 0 Å².